The van der Waals surface area contributed by atoms with Crippen LogP contribution < -0.4 is 10.6 Å². The zero-order valence-electron chi connectivity index (χ0n) is 14.7. The Kier molecular flexibility index (Phi) is 6.01. The number of anilines is 1. The highest BCUT2D eigenvalue weighted by Crippen LogP contribution is 2.17. The molecule has 1 saturated heterocycles. The first-order valence-corrected chi connectivity index (χ1v) is 8.92. The third kappa shape index (κ3) is 5.03. The van der Waals surface area contributed by atoms with Crippen molar-refractivity contribution in [1.82, 2.24) is 15.2 Å². The van der Waals surface area contributed by atoms with E-state index >= 15 is 0 Å². The number of hydrogen-bond donors (Lipinski definition) is 2. The summed E-state index contributed by atoms with van der Waals surface area (Å²) in [6.07, 6.45) is 4.17. The molecular weight excluding hydrogens is 312 g/mol. The van der Waals surface area contributed by atoms with E-state index in [9.17, 15) is 4.79 Å². The maximum Gasteiger partial charge on any atom is 0.253 e. The predicted octanol–water partition coefficient (Wildman–Crippen LogP) is 2.77. The maximum atomic E-state index is 12.6. The Morgan fingerprint density at radius 3 is 2.88 bits per heavy atom. The van der Waals surface area contributed by atoms with Crippen LogP contribution in [0.15, 0.2) is 48.7 Å². The summed E-state index contributed by atoms with van der Waals surface area (Å²) < 4.78 is 0. The first-order chi connectivity index (χ1) is 12.2. The lowest BCUT2D eigenvalue weighted by atomic mass is 9.98. The van der Waals surface area contributed by atoms with Crippen LogP contribution in [0.3, 0.4) is 0 Å². The van der Waals surface area contributed by atoms with Crippen LogP contribution in [0.2, 0.25) is 0 Å². The van der Waals surface area contributed by atoms with Gasteiger partial charge < -0.3 is 15.5 Å². The lowest BCUT2D eigenvalue weighted by Gasteiger charge is -2.29. The normalized spacial score (nSPS) is 17.9. The summed E-state index contributed by atoms with van der Waals surface area (Å²) >= 11 is 0. The average Bonchev–Trinajstić information content (AvgIpc) is 2.65. The molecule has 1 aromatic heterocycles. The summed E-state index contributed by atoms with van der Waals surface area (Å²) in [6, 6.07) is 13.5. The van der Waals surface area contributed by atoms with Crippen molar-refractivity contribution in [3.05, 3.63) is 59.9 Å². The second-order valence-corrected chi connectivity index (χ2v) is 6.70. The van der Waals surface area contributed by atoms with Crippen molar-refractivity contribution in [3.8, 4) is 0 Å². The molecule has 0 spiro atoms. The fraction of sp³-hybridized carbons (Fsp3) is 0.400. The van der Waals surface area contributed by atoms with Crippen molar-refractivity contribution in [2.45, 2.75) is 19.4 Å². The van der Waals surface area contributed by atoms with Crippen molar-refractivity contribution in [2.75, 3.05) is 32.0 Å². The number of carbonyl (C=O) groups excluding carboxylic acids is 1. The van der Waals surface area contributed by atoms with Crippen LogP contribution in [0.25, 0.3) is 0 Å². The Morgan fingerprint density at radius 1 is 1.24 bits per heavy atom. The highest BCUT2D eigenvalue weighted by atomic mass is 16.1. The van der Waals surface area contributed by atoms with Gasteiger partial charge in [0.05, 0.1) is 17.8 Å². The van der Waals surface area contributed by atoms with Gasteiger partial charge >= 0.3 is 0 Å². The Labute approximate surface area is 149 Å². The molecule has 25 heavy (non-hydrogen) atoms. The SMILES string of the molecule is CN1CCCC(CNC(=O)c2ccccc2NCc2ccccn2)C1. The molecule has 1 aliphatic heterocycles. The van der Waals surface area contributed by atoms with Crippen molar-refractivity contribution < 1.29 is 4.79 Å². The fourth-order valence-corrected chi connectivity index (χ4v) is 3.30. The molecule has 3 rings (SSSR count). The lowest BCUT2D eigenvalue weighted by Crippen LogP contribution is -2.39. The van der Waals surface area contributed by atoms with Gasteiger partial charge in [-0.2, -0.15) is 0 Å². The molecule has 1 fully saturated rings. The summed E-state index contributed by atoms with van der Waals surface area (Å²) in [5.41, 5.74) is 2.47. The first-order valence-electron chi connectivity index (χ1n) is 8.92. The van der Waals surface area contributed by atoms with Crippen molar-refractivity contribution in [3.63, 3.8) is 0 Å². The largest absolute Gasteiger partial charge is 0.379 e. The summed E-state index contributed by atoms with van der Waals surface area (Å²) in [5.74, 6) is 0.522. The van der Waals surface area contributed by atoms with E-state index < -0.39 is 0 Å². The molecule has 2 aromatic rings. The van der Waals surface area contributed by atoms with Gasteiger partial charge in [0.1, 0.15) is 0 Å². The van der Waals surface area contributed by atoms with Gasteiger partial charge in [-0.15, -0.1) is 0 Å². The Morgan fingerprint density at radius 2 is 2.08 bits per heavy atom. The van der Waals surface area contributed by atoms with Crippen LogP contribution in [-0.4, -0.2) is 42.5 Å². The predicted molar refractivity (Wildman–Crippen MR) is 101 cm³/mol. The highest BCUT2D eigenvalue weighted by molar-refractivity contribution is 5.99. The van der Waals surface area contributed by atoms with Crippen LogP contribution in [0.5, 0.6) is 0 Å². The fourth-order valence-electron chi connectivity index (χ4n) is 3.30. The van der Waals surface area contributed by atoms with E-state index in [-0.39, 0.29) is 5.91 Å². The minimum absolute atomic E-state index is 0.0163. The minimum atomic E-state index is -0.0163. The number of rotatable bonds is 6. The van der Waals surface area contributed by atoms with E-state index in [0.717, 1.165) is 31.0 Å². The van der Waals surface area contributed by atoms with Crippen molar-refractivity contribution >= 4 is 11.6 Å². The monoisotopic (exact) mass is 338 g/mol. The molecular formula is C20H26N4O. The number of piperidine rings is 1. The molecule has 132 valence electrons. The molecule has 1 aromatic carbocycles. The molecule has 0 aliphatic carbocycles. The number of aromatic nitrogens is 1. The number of hydrogen-bond acceptors (Lipinski definition) is 4. The zero-order chi connectivity index (χ0) is 17.5. The van der Waals surface area contributed by atoms with E-state index in [4.69, 9.17) is 0 Å². The van der Waals surface area contributed by atoms with E-state index in [1.807, 2.05) is 42.5 Å². The first kappa shape index (κ1) is 17.4. The molecule has 1 amide bonds. The van der Waals surface area contributed by atoms with E-state index in [2.05, 4.69) is 27.6 Å². The maximum absolute atomic E-state index is 12.6. The third-order valence-electron chi connectivity index (χ3n) is 4.63. The molecule has 5 nitrogen and oxygen atoms in total. The molecule has 1 unspecified atom stereocenters. The summed E-state index contributed by atoms with van der Waals surface area (Å²) in [5, 5.41) is 6.43. The van der Waals surface area contributed by atoms with Crippen LogP contribution >= 0.6 is 0 Å². The molecule has 0 bridgehead atoms. The molecule has 2 heterocycles. The topological polar surface area (TPSA) is 57.3 Å². The van der Waals surface area contributed by atoms with Crippen LogP contribution in [0.1, 0.15) is 28.9 Å². The second kappa shape index (κ2) is 8.62. The molecule has 2 N–H and O–H groups in total. The van der Waals surface area contributed by atoms with Crippen LogP contribution in [0, 0.1) is 5.92 Å². The van der Waals surface area contributed by atoms with Gasteiger partial charge in [0.15, 0.2) is 0 Å². The van der Waals surface area contributed by atoms with E-state index in [1.165, 1.54) is 12.8 Å². The van der Waals surface area contributed by atoms with E-state index in [0.29, 0.717) is 18.0 Å². The van der Waals surface area contributed by atoms with Gasteiger partial charge in [-0.25, -0.2) is 0 Å². The summed E-state index contributed by atoms with van der Waals surface area (Å²) in [4.78, 5) is 19.3. The number of amides is 1. The minimum Gasteiger partial charge on any atom is -0.379 e. The highest BCUT2D eigenvalue weighted by Gasteiger charge is 2.18. The molecule has 5 heteroatoms. The smallest absolute Gasteiger partial charge is 0.253 e. The second-order valence-electron chi connectivity index (χ2n) is 6.70. The van der Waals surface area contributed by atoms with Gasteiger partial charge in [-0.05, 0) is 56.6 Å². The molecule has 0 saturated carbocycles. The lowest BCUT2D eigenvalue weighted by molar-refractivity contribution is 0.0937. The quantitative estimate of drug-likeness (QED) is 0.850. The van der Waals surface area contributed by atoms with Gasteiger partial charge in [-0.1, -0.05) is 18.2 Å². The zero-order valence-corrected chi connectivity index (χ0v) is 14.7. The van der Waals surface area contributed by atoms with Crippen molar-refractivity contribution in [2.24, 2.45) is 5.92 Å². The number of nitrogens with zero attached hydrogens (tertiary/aromatic N) is 2. The third-order valence-corrected chi connectivity index (χ3v) is 4.63. The Hall–Kier alpha value is -2.40. The van der Waals surface area contributed by atoms with Gasteiger partial charge in [0.25, 0.3) is 5.91 Å². The Bertz CT molecular complexity index is 689. The van der Waals surface area contributed by atoms with Gasteiger partial charge in [-0.3, -0.25) is 9.78 Å². The summed E-state index contributed by atoms with van der Waals surface area (Å²) in [6.45, 7) is 3.54. The number of likely N-dealkylation sites (tertiary alicyclic amines) is 1. The van der Waals surface area contributed by atoms with Crippen LogP contribution in [-0.2, 0) is 6.54 Å². The number of pyridine rings is 1. The van der Waals surface area contributed by atoms with Gasteiger partial charge in [0, 0.05) is 25.0 Å². The molecule has 1 aliphatic rings. The standard InChI is InChI=1S/C20H26N4O/c1-24-12-6-7-16(15-24)13-23-20(25)18-9-2-3-10-19(18)22-14-17-8-4-5-11-21-17/h2-5,8-11,16,22H,6-7,12-15H2,1H3,(H,23,25). The number of benzene rings is 1. The van der Waals surface area contributed by atoms with E-state index in [1.54, 1.807) is 6.20 Å². The number of nitrogens with one attached hydrogen (secondary N) is 2. The number of para-hydroxylation sites is 1. The summed E-state index contributed by atoms with van der Waals surface area (Å²) in [7, 11) is 2.14. The average molecular weight is 338 g/mol. The van der Waals surface area contributed by atoms with Gasteiger partial charge in [0.2, 0.25) is 0 Å². The molecule has 1 atom stereocenters. The molecule has 0 radical (unpaired) electrons. The van der Waals surface area contributed by atoms with Crippen molar-refractivity contribution in [1.29, 1.82) is 0 Å². The Balaban J connectivity index is 1.58. The van der Waals surface area contributed by atoms with Crippen LogP contribution in [0.4, 0.5) is 5.69 Å². The number of carbonyl (C=O) groups is 1.